The fourth-order valence-electron chi connectivity index (χ4n) is 1.26. The molecule has 0 aliphatic carbocycles. The maximum atomic E-state index is 10.6. The van der Waals surface area contributed by atoms with Crippen molar-refractivity contribution in [3.05, 3.63) is 24.0 Å². The van der Waals surface area contributed by atoms with Gasteiger partial charge in [-0.25, -0.2) is 0 Å². The van der Waals surface area contributed by atoms with Gasteiger partial charge in [-0.3, -0.25) is 4.79 Å². The zero-order valence-electron chi connectivity index (χ0n) is 8.66. The summed E-state index contributed by atoms with van der Waals surface area (Å²) in [6, 6.07) is 2.38. The van der Waals surface area contributed by atoms with Gasteiger partial charge < -0.3 is 15.6 Å². The van der Waals surface area contributed by atoms with Crippen molar-refractivity contribution in [2.75, 3.05) is 7.05 Å². The summed E-state index contributed by atoms with van der Waals surface area (Å²) in [6.07, 6.45) is 4.39. The van der Waals surface area contributed by atoms with Gasteiger partial charge in [-0.05, 0) is 25.6 Å². The first-order chi connectivity index (χ1) is 6.63. The maximum Gasteiger partial charge on any atom is 0.219 e. The zero-order valence-corrected chi connectivity index (χ0v) is 8.66. The molecule has 0 radical (unpaired) electrons. The van der Waals surface area contributed by atoms with Gasteiger partial charge in [-0.2, -0.15) is 0 Å². The topological polar surface area (TPSA) is 60.1 Å². The van der Waals surface area contributed by atoms with Gasteiger partial charge in [0.25, 0.3) is 0 Å². The first-order valence-corrected chi connectivity index (χ1v) is 4.74. The smallest absolute Gasteiger partial charge is 0.219 e. The quantitative estimate of drug-likeness (QED) is 0.724. The largest absolute Gasteiger partial charge is 0.370 e. The van der Waals surface area contributed by atoms with Crippen molar-refractivity contribution in [3.63, 3.8) is 0 Å². The lowest BCUT2D eigenvalue weighted by atomic mass is 10.2. The van der Waals surface area contributed by atoms with E-state index in [4.69, 9.17) is 5.73 Å². The van der Waals surface area contributed by atoms with Gasteiger partial charge in [0.05, 0.1) is 0 Å². The molecule has 0 bridgehead atoms. The Bertz CT molecular complexity index is 306. The molecular weight excluding hydrogens is 178 g/mol. The third kappa shape index (κ3) is 2.88. The number of hydrogen-bond acceptors (Lipinski definition) is 2. The van der Waals surface area contributed by atoms with Gasteiger partial charge in [-0.15, -0.1) is 0 Å². The van der Waals surface area contributed by atoms with Gasteiger partial charge in [-0.1, -0.05) is 0 Å². The molecule has 14 heavy (non-hydrogen) atoms. The van der Waals surface area contributed by atoms with E-state index < -0.39 is 0 Å². The molecule has 1 aromatic heterocycles. The molecule has 0 aromatic carbocycles. The van der Waals surface area contributed by atoms with Crippen molar-refractivity contribution in [1.29, 1.82) is 0 Å². The van der Waals surface area contributed by atoms with Crippen molar-refractivity contribution in [2.24, 2.45) is 5.73 Å². The van der Waals surface area contributed by atoms with E-state index in [9.17, 15) is 4.79 Å². The van der Waals surface area contributed by atoms with Crippen molar-refractivity contribution in [3.8, 4) is 0 Å². The van der Waals surface area contributed by atoms with E-state index in [0.717, 1.165) is 0 Å². The number of nitrogens with one attached hydrogen (secondary N) is 1. The Morgan fingerprint density at radius 2 is 2.43 bits per heavy atom. The summed E-state index contributed by atoms with van der Waals surface area (Å²) in [5.41, 5.74) is 6.29. The minimum Gasteiger partial charge on any atom is -0.370 e. The van der Waals surface area contributed by atoms with Crippen LogP contribution in [0.5, 0.6) is 0 Å². The van der Waals surface area contributed by atoms with Crippen LogP contribution in [-0.2, 0) is 11.3 Å². The molecule has 0 saturated heterocycles. The van der Waals surface area contributed by atoms with Crippen LogP contribution in [0.1, 0.15) is 24.9 Å². The summed E-state index contributed by atoms with van der Waals surface area (Å²) >= 11 is 0. The van der Waals surface area contributed by atoms with E-state index in [1.54, 1.807) is 0 Å². The van der Waals surface area contributed by atoms with E-state index in [1.807, 2.05) is 30.1 Å². The molecule has 3 N–H and O–H groups in total. The van der Waals surface area contributed by atoms with Crippen LogP contribution in [0.25, 0.3) is 0 Å². The van der Waals surface area contributed by atoms with Crippen LogP contribution in [0.2, 0.25) is 0 Å². The molecule has 4 heteroatoms. The van der Waals surface area contributed by atoms with Crippen molar-refractivity contribution < 1.29 is 4.79 Å². The number of nitrogens with two attached hydrogens (primary N) is 1. The third-order valence-electron chi connectivity index (χ3n) is 2.32. The molecule has 0 spiro atoms. The molecule has 1 aromatic rings. The molecule has 0 fully saturated rings. The van der Waals surface area contributed by atoms with Crippen molar-refractivity contribution in [2.45, 2.75) is 25.9 Å². The summed E-state index contributed by atoms with van der Waals surface area (Å²) in [5.74, 6) is -0.262. The van der Waals surface area contributed by atoms with Crippen LogP contribution >= 0.6 is 0 Å². The lowest BCUT2D eigenvalue weighted by molar-refractivity contribution is -0.118. The summed E-state index contributed by atoms with van der Waals surface area (Å²) in [7, 11) is 1.92. The second kappa shape index (κ2) is 4.81. The Morgan fingerprint density at radius 3 is 3.00 bits per heavy atom. The Kier molecular flexibility index (Phi) is 3.71. The number of carbonyl (C=O) groups is 1. The Morgan fingerprint density at radius 1 is 1.71 bits per heavy atom. The first-order valence-electron chi connectivity index (χ1n) is 4.74. The fourth-order valence-corrected chi connectivity index (χ4v) is 1.26. The highest BCUT2D eigenvalue weighted by atomic mass is 16.1. The van der Waals surface area contributed by atoms with Crippen LogP contribution in [0, 0.1) is 0 Å². The maximum absolute atomic E-state index is 10.6. The van der Waals surface area contributed by atoms with E-state index in [-0.39, 0.29) is 5.91 Å². The van der Waals surface area contributed by atoms with Crippen LogP contribution in [0.15, 0.2) is 18.5 Å². The molecule has 1 heterocycles. The number of aromatic nitrogens is 1. The Labute approximate surface area is 84.1 Å². The molecule has 0 aliphatic rings. The second-order valence-corrected chi connectivity index (χ2v) is 3.41. The van der Waals surface area contributed by atoms with Crippen molar-refractivity contribution >= 4 is 5.91 Å². The number of hydrogen-bond donors (Lipinski definition) is 2. The molecular formula is C10H17N3O. The van der Waals surface area contributed by atoms with Gasteiger partial charge in [0, 0.05) is 31.4 Å². The first kappa shape index (κ1) is 10.8. The van der Waals surface area contributed by atoms with Crippen LogP contribution in [-0.4, -0.2) is 17.5 Å². The Balaban J connectivity index is 2.54. The van der Waals surface area contributed by atoms with E-state index in [2.05, 4.69) is 12.2 Å². The predicted octanol–water partition coefficient (Wildman–Crippen LogP) is 0.644. The SMILES string of the molecule is CNC(C)c1ccn(CCC(N)=O)c1. The fraction of sp³-hybridized carbons (Fsp3) is 0.500. The lowest BCUT2D eigenvalue weighted by Gasteiger charge is -2.06. The summed E-state index contributed by atoms with van der Waals surface area (Å²) in [6.45, 7) is 2.75. The summed E-state index contributed by atoms with van der Waals surface area (Å²) < 4.78 is 1.98. The van der Waals surface area contributed by atoms with Crippen LogP contribution in [0.3, 0.4) is 0 Å². The highest BCUT2D eigenvalue weighted by molar-refractivity contribution is 5.73. The molecule has 1 atom stereocenters. The number of rotatable bonds is 5. The molecule has 78 valence electrons. The summed E-state index contributed by atoms with van der Waals surface area (Å²) in [4.78, 5) is 10.6. The minimum absolute atomic E-state index is 0.262. The van der Waals surface area contributed by atoms with Gasteiger partial charge >= 0.3 is 0 Å². The lowest BCUT2D eigenvalue weighted by Crippen LogP contribution is -2.13. The molecule has 0 aliphatic heterocycles. The van der Waals surface area contributed by atoms with Gasteiger partial charge in [0.1, 0.15) is 0 Å². The second-order valence-electron chi connectivity index (χ2n) is 3.41. The van der Waals surface area contributed by atoms with Crippen LogP contribution in [0.4, 0.5) is 0 Å². The third-order valence-corrected chi connectivity index (χ3v) is 2.32. The number of aryl methyl sites for hydroxylation is 1. The monoisotopic (exact) mass is 195 g/mol. The number of primary amides is 1. The molecule has 4 nitrogen and oxygen atoms in total. The van der Waals surface area contributed by atoms with Crippen molar-refractivity contribution in [1.82, 2.24) is 9.88 Å². The van der Waals surface area contributed by atoms with E-state index in [1.165, 1.54) is 5.56 Å². The highest BCUT2D eigenvalue weighted by Crippen LogP contribution is 2.11. The average Bonchev–Trinajstić information content (AvgIpc) is 2.62. The molecule has 1 unspecified atom stereocenters. The minimum atomic E-state index is -0.262. The highest BCUT2D eigenvalue weighted by Gasteiger charge is 2.04. The van der Waals surface area contributed by atoms with E-state index in [0.29, 0.717) is 19.0 Å². The standard InChI is InChI=1S/C10H17N3O/c1-8(12-2)9-3-5-13(7-9)6-4-10(11)14/h3,5,7-8,12H,4,6H2,1-2H3,(H2,11,14). The number of amides is 1. The van der Waals surface area contributed by atoms with Gasteiger partial charge in [0.2, 0.25) is 5.91 Å². The molecule has 1 rings (SSSR count). The Hall–Kier alpha value is -1.29. The van der Waals surface area contributed by atoms with E-state index >= 15 is 0 Å². The van der Waals surface area contributed by atoms with Gasteiger partial charge in [0.15, 0.2) is 0 Å². The van der Waals surface area contributed by atoms with Crippen LogP contribution < -0.4 is 11.1 Å². The average molecular weight is 195 g/mol. The molecule has 1 amide bonds. The molecule has 0 saturated carbocycles. The number of nitrogens with zero attached hydrogens (tertiary/aromatic N) is 1. The predicted molar refractivity (Wildman–Crippen MR) is 55.7 cm³/mol. The summed E-state index contributed by atoms with van der Waals surface area (Å²) in [5, 5.41) is 3.15. The normalized spacial score (nSPS) is 12.7. The number of carbonyl (C=O) groups excluding carboxylic acids is 1. The zero-order chi connectivity index (χ0) is 10.6.